The number of carbonyl (C=O) groups is 2. The summed E-state index contributed by atoms with van der Waals surface area (Å²) in [5.74, 6) is -2.40. The van der Waals surface area contributed by atoms with Crippen LogP contribution in [-0.2, 0) is 9.59 Å². The number of hydrogen-bond acceptors (Lipinski definition) is 3. The van der Waals surface area contributed by atoms with Crippen LogP contribution in [0.25, 0.3) is 0 Å². The fraction of sp³-hybridized carbons (Fsp3) is 0.800. The second kappa shape index (κ2) is 6.03. The third-order valence-corrected chi connectivity index (χ3v) is 2.88. The molecule has 104 valence electrons. The minimum absolute atomic E-state index is 0.358. The number of rotatable bonds is 1. The van der Waals surface area contributed by atoms with Crippen LogP contribution in [0.4, 0.5) is 13.2 Å². The van der Waals surface area contributed by atoms with E-state index in [9.17, 15) is 18.0 Å². The molecule has 0 atom stereocenters. The van der Waals surface area contributed by atoms with Gasteiger partial charge in [-0.3, -0.25) is 4.79 Å². The molecule has 1 amide bonds. The number of carboxylic acid groups (broad SMARTS) is 1. The summed E-state index contributed by atoms with van der Waals surface area (Å²) in [6.07, 6.45) is -2.01. The van der Waals surface area contributed by atoms with Crippen LogP contribution >= 0.6 is 0 Å². The quantitative estimate of drug-likeness (QED) is 0.683. The second-order valence-corrected chi connectivity index (χ2v) is 4.12. The number of β-lactam (4-membered cyclic amide) rings is 1. The average molecular weight is 268 g/mol. The highest BCUT2D eigenvalue weighted by Crippen LogP contribution is 2.19. The van der Waals surface area contributed by atoms with Gasteiger partial charge in [0, 0.05) is 19.0 Å². The number of piperidine rings is 1. The lowest BCUT2D eigenvalue weighted by Crippen LogP contribution is -2.53. The van der Waals surface area contributed by atoms with Crippen LogP contribution in [-0.4, -0.2) is 53.7 Å². The lowest BCUT2D eigenvalue weighted by molar-refractivity contribution is -0.192. The molecule has 0 aliphatic carbocycles. The number of amides is 1. The van der Waals surface area contributed by atoms with E-state index in [1.165, 1.54) is 0 Å². The molecule has 0 radical (unpaired) electrons. The molecule has 0 saturated carbocycles. The smallest absolute Gasteiger partial charge is 0.475 e. The zero-order valence-corrected chi connectivity index (χ0v) is 9.66. The molecule has 0 aromatic carbocycles. The van der Waals surface area contributed by atoms with Crippen molar-refractivity contribution < 1.29 is 27.9 Å². The summed E-state index contributed by atoms with van der Waals surface area (Å²) in [6, 6.07) is 0.553. The predicted octanol–water partition coefficient (Wildman–Crippen LogP) is 0.604. The van der Waals surface area contributed by atoms with Crippen molar-refractivity contribution in [3.05, 3.63) is 0 Å². The van der Waals surface area contributed by atoms with Crippen LogP contribution in [0.2, 0.25) is 0 Å². The average Bonchev–Trinajstić information content (AvgIpc) is 2.28. The first-order valence-corrected chi connectivity index (χ1v) is 5.62. The van der Waals surface area contributed by atoms with Gasteiger partial charge in [-0.15, -0.1) is 0 Å². The molecule has 2 rings (SSSR count). The third-order valence-electron chi connectivity index (χ3n) is 2.88. The summed E-state index contributed by atoms with van der Waals surface area (Å²) in [5.41, 5.74) is 0. The highest BCUT2D eigenvalue weighted by Gasteiger charge is 2.38. The number of hydrogen-bond donors (Lipinski definition) is 2. The molecule has 8 heteroatoms. The number of alkyl halides is 3. The summed E-state index contributed by atoms with van der Waals surface area (Å²) < 4.78 is 31.7. The predicted molar refractivity (Wildman–Crippen MR) is 55.9 cm³/mol. The van der Waals surface area contributed by atoms with Crippen LogP contribution in [0.5, 0.6) is 0 Å². The Balaban J connectivity index is 0.000000203. The van der Waals surface area contributed by atoms with Gasteiger partial charge in [-0.1, -0.05) is 0 Å². The molecule has 2 fully saturated rings. The Kier molecular flexibility index (Phi) is 4.94. The zero-order valence-electron chi connectivity index (χ0n) is 9.66. The van der Waals surface area contributed by atoms with Crippen molar-refractivity contribution in [1.82, 2.24) is 10.2 Å². The number of nitrogens with zero attached hydrogens (tertiary/aromatic N) is 1. The van der Waals surface area contributed by atoms with Crippen molar-refractivity contribution in [2.45, 2.75) is 31.5 Å². The minimum Gasteiger partial charge on any atom is -0.475 e. The van der Waals surface area contributed by atoms with Crippen molar-refractivity contribution in [2.24, 2.45) is 0 Å². The van der Waals surface area contributed by atoms with E-state index in [2.05, 4.69) is 5.32 Å². The molecule has 5 nitrogen and oxygen atoms in total. The Bertz CT molecular complexity index is 314. The molecule has 0 bridgehead atoms. The molecule has 2 N–H and O–H groups in total. The van der Waals surface area contributed by atoms with E-state index in [0.717, 1.165) is 38.9 Å². The van der Waals surface area contributed by atoms with Crippen LogP contribution in [0, 0.1) is 0 Å². The van der Waals surface area contributed by atoms with Crippen LogP contribution in [0.3, 0.4) is 0 Å². The highest BCUT2D eigenvalue weighted by molar-refractivity contribution is 5.82. The first-order chi connectivity index (χ1) is 8.32. The Hall–Kier alpha value is -1.31. The van der Waals surface area contributed by atoms with E-state index < -0.39 is 12.1 Å². The van der Waals surface area contributed by atoms with Gasteiger partial charge in [-0.25, -0.2) is 4.79 Å². The molecule has 0 aromatic rings. The van der Waals surface area contributed by atoms with E-state index >= 15 is 0 Å². The highest BCUT2D eigenvalue weighted by atomic mass is 19.4. The monoisotopic (exact) mass is 268 g/mol. The Morgan fingerprint density at radius 1 is 1.33 bits per heavy atom. The molecular weight excluding hydrogens is 253 g/mol. The lowest BCUT2D eigenvalue weighted by Gasteiger charge is -2.40. The molecular formula is C10H15F3N2O3. The zero-order chi connectivity index (χ0) is 13.8. The first kappa shape index (κ1) is 14.7. The van der Waals surface area contributed by atoms with E-state index in [4.69, 9.17) is 9.90 Å². The largest absolute Gasteiger partial charge is 0.490 e. The van der Waals surface area contributed by atoms with Gasteiger partial charge in [0.25, 0.3) is 0 Å². The van der Waals surface area contributed by atoms with Crippen LogP contribution < -0.4 is 5.32 Å². The van der Waals surface area contributed by atoms with Crippen molar-refractivity contribution in [2.75, 3.05) is 19.6 Å². The Labute approximate surface area is 102 Å². The molecule has 2 heterocycles. The van der Waals surface area contributed by atoms with Crippen LogP contribution in [0.1, 0.15) is 19.3 Å². The Morgan fingerprint density at radius 3 is 2.11 bits per heavy atom. The maximum atomic E-state index is 11.0. The number of halogens is 3. The number of aliphatic carboxylic acids is 1. The summed E-state index contributed by atoms with van der Waals surface area (Å²) in [5, 5.41) is 10.4. The standard InChI is InChI=1S/C8H14N2O.C2HF3O2/c11-8-3-6-10(8)7-1-4-9-5-2-7;3-2(4,5)1(6)7/h7,9H,1-6H2;(H,6,7). The normalized spacial score (nSPS) is 20.8. The van der Waals surface area contributed by atoms with Gasteiger partial charge in [-0.2, -0.15) is 13.2 Å². The van der Waals surface area contributed by atoms with E-state index in [0.29, 0.717) is 11.9 Å². The van der Waals surface area contributed by atoms with E-state index in [-0.39, 0.29) is 0 Å². The fourth-order valence-corrected chi connectivity index (χ4v) is 1.84. The van der Waals surface area contributed by atoms with Gasteiger partial charge in [0.15, 0.2) is 0 Å². The molecule has 2 aliphatic rings. The summed E-state index contributed by atoms with van der Waals surface area (Å²) >= 11 is 0. The second-order valence-electron chi connectivity index (χ2n) is 4.12. The molecule has 0 spiro atoms. The Morgan fingerprint density at radius 2 is 1.83 bits per heavy atom. The fourth-order valence-electron chi connectivity index (χ4n) is 1.84. The summed E-state index contributed by atoms with van der Waals surface area (Å²) in [4.78, 5) is 22.0. The van der Waals surface area contributed by atoms with Gasteiger partial charge < -0.3 is 15.3 Å². The lowest BCUT2D eigenvalue weighted by atomic mass is 10.0. The van der Waals surface area contributed by atoms with Gasteiger partial charge in [0.2, 0.25) is 5.91 Å². The van der Waals surface area contributed by atoms with E-state index in [1.54, 1.807) is 0 Å². The SMILES string of the molecule is O=C(O)C(F)(F)F.O=C1CCN1C1CCNCC1. The maximum absolute atomic E-state index is 11.0. The summed E-state index contributed by atoms with van der Waals surface area (Å²) in [7, 11) is 0. The number of carbonyl (C=O) groups excluding carboxylic acids is 1. The van der Waals surface area contributed by atoms with Crippen LogP contribution in [0.15, 0.2) is 0 Å². The van der Waals surface area contributed by atoms with Gasteiger partial charge >= 0.3 is 12.1 Å². The van der Waals surface area contributed by atoms with Gasteiger partial charge in [0.1, 0.15) is 0 Å². The third kappa shape index (κ3) is 4.17. The van der Waals surface area contributed by atoms with Gasteiger partial charge in [-0.05, 0) is 25.9 Å². The minimum atomic E-state index is -5.08. The van der Waals surface area contributed by atoms with Gasteiger partial charge in [0.05, 0.1) is 0 Å². The molecule has 18 heavy (non-hydrogen) atoms. The van der Waals surface area contributed by atoms with Crippen molar-refractivity contribution in [1.29, 1.82) is 0 Å². The molecule has 2 aliphatic heterocycles. The van der Waals surface area contributed by atoms with Crippen molar-refractivity contribution in [3.8, 4) is 0 Å². The van der Waals surface area contributed by atoms with Crippen molar-refractivity contribution >= 4 is 11.9 Å². The molecule has 2 saturated heterocycles. The maximum Gasteiger partial charge on any atom is 0.490 e. The van der Waals surface area contributed by atoms with E-state index in [1.807, 2.05) is 4.90 Å². The number of likely N-dealkylation sites (tertiary alicyclic amines) is 1. The van der Waals surface area contributed by atoms with Crippen molar-refractivity contribution in [3.63, 3.8) is 0 Å². The first-order valence-electron chi connectivity index (χ1n) is 5.62. The topological polar surface area (TPSA) is 69.6 Å². The summed E-state index contributed by atoms with van der Waals surface area (Å²) in [6.45, 7) is 3.16. The number of carboxylic acids is 1. The molecule has 0 unspecified atom stereocenters. The number of nitrogens with one attached hydrogen (secondary N) is 1. The molecule has 0 aromatic heterocycles.